The van der Waals surface area contributed by atoms with Crippen molar-refractivity contribution in [2.45, 2.75) is 0 Å². The highest BCUT2D eigenvalue weighted by molar-refractivity contribution is 9.10. The number of nitrogens with zero attached hydrogens (tertiary/aromatic N) is 1. The fourth-order valence-corrected chi connectivity index (χ4v) is 2.32. The molecule has 1 amide bonds. The van der Waals surface area contributed by atoms with Crippen molar-refractivity contribution < 1.29 is 14.3 Å². The first kappa shape index (κ1) is 14.3. The maximum atomic E-state index is 12.0. The van der Waals surface area contributed by atoms with E-state index in [0.29, 0.717) is 11.1 Å². The lowest BCUT2D eigenvalue weighted by Gasteiger charge is -1.97. The molecule has 0 saturated carbocycles. The molecule has 0 saturated heterocycles. The van der Waals surface area contributed by atoms with Crippen LogP contribution in [0.15, 0.2) is 62.5 Å². The highest BCUT2D eigenvalue weighted by atomic mass is 79.9. The number of nitrogens with one attached hydrogen (secondary N) is 1. The number of hydrogen-bond acceptors (Lipinski definition) is 4. The number of rotatable bonds is 3. The van der Waals surface area contributed by atoms with Gasteiger partial charge in [0.1, 0.15) is 11.3 Å². The standard InChI is InChI=1S/C16H11BrN2O3/c17-12-5-6-14-11(7-12)8-15(22-14)16(21)19-18-9-10-3-1-2-4-13(10)20/h1-9,20H,(H,19,21). The molecule has 2 N–H and O–H groups in total. The molecule has 0 fully saturated rings. The Balaban J connectivity index is 1.75. The van der Waals surface area contributed by atoms with E-state index in [0.717, 1.165) is 9.86 Å². The van der Waals surface area contributed by atoms with Gasteiger partial charge in [0.15, 0.2) is 5.76 Å². The fourth-order valence-electron chi connectivity index (χ4n) is 1.94. The summed E-state index contributed by atoms with van der Waals surface area (Å²) in [5.74, 6) is -0.199. The number of fused-ring (bicyclic) bond motifs is 1. The summed E-state index contributed by atoms with van der Waals surface area (Å²) in [5.41, 5.74) is 3.50. The third-order valence-electron chi connectivity index (χ3n) is 3.01. The van der Waals surface area contributed by atoms with Crippen molar-refractivity contribution in [3.05, 3.63) is 64.3 Å². The van der Waals surface area contributed by atoms with E-state index in [9.17, 15) is 9.90 Å². The van der Waals surface area contributed by atoms with Crippen molar-refractivity contribution in [3.63, 3.8) is 0 Å². The lowest BCUT2D eigenvalue weighted by atomic mass is 10.2. The largest absolute Gasteiger partial charge is 0.507 e. The molecule has 0 aliphatic rings. The first-order chi connectivity index (χ1) is 10.6. The number of aromatic hydroxyl groups is 1. The van der Waals surface area contributed by atoms with Gasteiger partial charge in [-0.05, 0) is 36.4 Å². The topological polar surface area (TPSA) is 74.8 Å². The fraction of sp³-hybridized carbons (Fsp3) is 0. The second kappa shape index (κ2) is 6.03. The molecule has 0 aliphatic carbocycles. The highest BCUT2D eigenvalue weighted by Crippen LogP contribution is 2.23. The number of hydrogen-bond donors (Lipinski definition) is 2. The second-order valence-electron chi connectivity index (χ2n) is 4.55. The van der Waals surface area contributed by atoms with Gasteiger partial charge in [-0.25, -0.2) is 5.43 Å². The second-order valence-corrected chi connectivity index (χ2v) is 5.47. The summed E-state index contributed by atoms with van der Waals surface area (Å²) in [4.78, 5) is 12.0. The zero-order chi connectivity index (χ0) is 15.5. The third-order valence-corrected chi connectivity index (χ3v) is 3.50. The molecule has 5 nitrogen and oxygen atoms in total. The molecule has 0 aliphatic heterocycles. The Morgan fingerprint density at radius 3 is 2.86 bits per heavy atom. The predicted molar refractivity (Wildman–Crippen MR) is 87.1 cm³/mol. The lowest BCUT2D eigenvalue weighted by molar-refractivity contribution is 0.0929. The zero-order valence-corrected chi connectivity index (χ0v) is 12.9. The number of hydrazone groups is 1. The summed E-state index contributed by atoms with van der Waals surface area (Å²) in [6.07, 6.45) is 1.37. The lowest BCUT2D eigenvalue weighted by Crippen LogP contribution is -2.16. The molecular formula is C16H11BrN2O3. The monoisotopic (exact) mass is 358 g/mol. The number of benzene rings is 2. The maximum absolute atomic E-state index is 12.0. The normalized spacial score (nSPS) is 11.1. The summed E-state index contributed by atoms with van der Waals surface area (Å²) in [6, 6.07) is 13.8. The maximum Gasteiger partial charge on any atom is 0.307 e. The van der Waals surface area contributed by atoms with Gasteiger partial charge in [-0.15, -0.1) is 0 Å². The van der Waals surface area contributed by atoms with Gasteiger partial charge in [0.2, 0.25) is 0 Å². The number of furan rings is 1. The molecule has 3 aromatic rings. The predicted octanol–water partition coefficient (Wildman–Crippen LogP) is 3.66. The zero-order valence-electron chi connectivity index (χ0n) is 11.3. The van der Waals surface area contributed by atoms with Crippen molar-refractivity contribution in [2.24, 2.45) is 5.10 Å². The Labute approximate surface area is 134 Å². The summed E-state index contributed by atoms with van der Waals surface area (Å²) >= 11 is 3.36. The van der Waals surface area contributed by atoms with Gasteiger partial charge in [0, 0.05) is 15.4 Å². The van der Waals surface area contributed by atoms with Crippen LogP contribution in [0.2, 0.25) is 0 Å². The summed E-state index contributed by atoms with van der Waals surface area (Å²) < 4.78 is 6.36. The van der Waals surface area contributed by atoms with Crippen LogP contribution < -0.4 is 5.43 Å². The Hall–Kier alpha value is -2.60. The Bertz CT molecular complexity index is 871. The Kier molecular flexibility index (Phi) is 3.93. The minimum absolute atomic E-state index is 0.0917. The van der Waals surface area contributed by atoms with Crippen molar-refractivity contribution >= 4 is 39.0 Å². The number of phenols is 1. The van der Waals surface area contributed by atoms with Crippen LogP contribution in [0.25, 0.3) is 11.0 Å². The molecule has 1 heterocycles. The smallest absolute Gasteiger partial charge is 0.307 e. The molecule has 0 bridgehead atoms. The minimum atomic E-state index is -0.459. The molecule has 0 unspecified atom stereocenters. The van der Waals surface area contributed by atoms with E-state index in [4.69, 9.17) is 4.42 Å². The van der Waals surface area contributed by atoms with Gasteiger partial charge in [0.05, 0.1) is 6.21 Å². The Morgan fingerprint density at radius 2 is 2.05 bits per heavy atom. The third kappa shape index (κ3) is 3.01. The summed E-state index contributed by atoms with van der Waals surface area (Å²) in [7, 11) is 0. The molecule has 0 atom stereocenters. The van der Waals surface area contributed by atoms with Gasteiger partial charge in [-0.3, -0.25) is 4.79 Å². The number of halogens is 1. The molecule has 110 valence electrons. The van der Waals surface area contributed by atoms with Gasteiger partial charge < -0.3 is 9.52 Å². The van der Waals surface area contributed by atoms with E-state index in [-0.39, 0.29) is 11.5 Å². The van der Waals surface area contributed by atoms with Gasteiger partial charge in [-0.2, -0.15) is 5.10 Å². The highest BCUT2D eigenvalue weighted by Gasteiger charge is 2.11. The van der Waals surface area contributed by atoms with Crippen LogP contribution in [0.4, 0.5) is 0 Å². The van der Waals surface area contributed by atoms with Crippen LogP contribution in [0.5, 0.6) is 5.75 Å². The molecule has 1 aromatic heterocycles. The van der Waals surface area contributed by atoms with Gasteiger partial charge in [-0.1, -0.05) is 28.1 Å². The Morgan fingerprint density at radius 1 is 1.23 bits per heavy atom. The van der Waals surface area contributed by atoms with Crippen LogP contribution in [-0.2, 0) is 0 Å². The molecule has 0 radical (unpaired) electrons. The van der Waals surface area contributed by atoms with Gasteiger partial charge in [0.25, 0.3) is 0 Å². The summed E-state index contributed by atoms with van der Waals surface area (Å²) in [6.45, 7) is 0. The number of amides is 1. The quantitative estimate of drug-likeness (QED) is 0.554. The van der Waals surface area contributed by atoms with Crippen molar-refractivity contribution in [2.75, 3.05) is 0 Å². The molecule has 0 spiro atoms. The van der Waals surface area contributed by atoms with Crippen LogP contribution >= 0.6 is 15.9 Å². The van der Waals surface area contributed by atoms with E-state index in [1.165, 1.54) is 6.21 Å². The summed E-state index contributed by atoms with van der Waals surface area (Å²) in [5, 5.41) is 14.2. The minimum Gasteiger partial charge on any atom is -0.507 e. The van der Waals surface area contributed by atoms with Crippen molar-refractivity contribution in [3.8, 4) is 5.75 Å². The van der Waals surface area contributed by atoms with E-state index in [1.807, 2.05) is 12.1 Å². The van der Waals surface area contributed by atoms with Crippen molar-refractivity contribution in [1.29, 1.82) is 0 Å². The van der Waals surface area contributed by atoms with Gasteiger partial charge >= 0.3 is 5.91 Å². The average molecular weight is 359 g/mol. The van der Waals surface area contributed by atoms with Crippen LogP contribution in [-0.4, -0.2) is 17.2 Å². The van der Waals surface area contributed by atoms with E-state index in [2.05, 4.69) is 26.5 Å². The number of para-hydroxylation sites is 1. The molecule has 22 heavy (non-hydrogen) atoms. The first-order valence-corrected chi connectivity index (χ1v) is 7.23. The number of carbonyl (C=O) groups excluding carboxylic acids is 1. The molecule has 2 aromatic carbocycles. The van der Waals surface area contributed by atoms with Crippen molar-refractivity contribution in [1.82, 2.24) is 5.43 Å². The average Bonchev–Trinajstić information content (AvgIpc) is 2.92. The van der Waals surface area contributed by atoms with E-state index < -0.39 is 5.91 Å². The van der Waals surface area contributed by atoms with Crippen LogP contribution in [0, 0.1) is 0 Å². The SMILES string of the molecule is O=C(NN=Cc1ccccc1O)c1cc2cc(Br)ccc2o1. The molecular weight excluding hydrogens is 348 g/mol. The van der Waals surface area contributed by atoms with Crippen LogP contribution in [0.1, 0.15) is 16.1 Å². The van der Waals surface area contributed by atoms with Crippen LogP contribution in [0.3, 0.4) is 0 Å². The number of carbonyl (C=O) groups is 1. The molecule has 3 rings (SSSR count). The van der Waals surface area contributed by atoms with E-state index in [1.54, 1.807) is 36.4 Å². The first-order valence-electron chi connectivity index (χ1n) is 6.44. The number of phenolic OH excluding ortho intramolecular Hbond substituents is 1. The van der Waals surface area contributed by atoms with E-state index >= 15 is 0 Å². The molecule has 6 heteroatoms.